The van der Waals surface area contributed by atoms with E-state index in [2.05, 4.69) is 16.2 Å². The second kappa shape index (κ2) is 9.03. The van der Waals surface area contributed by atoms with Gasteiger partial charge in [-0.15, -0.1) is 0 Å². The Morgan fingerprint density at radius 1 is 1.10 bits per heavy atom. The molecule has 1 saturated carbocycles. The maximum atomic E-state index is 13.0. The summed E-state index contributed by atoms with van der Waals surface area (Å²) in [6, 6.07) is 6.66. The summed E-state index contributed by atoms with van der Waals surface area (Å²) < 4.78 is 16.5. The fourth-order valence-electron chi connectivity index (χ4n) is 3.78. The average Bonchev–Trinajstić information content (AvgIpc) is 2.71. The van der Waals surface area contributed by atoms with Crippen molar-refractivity contribution in [2.75, 3.05) is 6.61 Å². The Labute approximate surface area is 182 Å². The predicted octanol–water partition coefficient (Wildman–Crippen LogP) is 2.45. The largest absolute Gasteiger partial charge is 0.485 e. The maximum absolute atomic E-state index is 13.0. The molecular weight excluding hydrogens is 402 g/mol. The number of hydrazine groups is 1. The molecule has 31 heavy (non-hydrogen) atoms. The Morgan fingerprint density at radius 3 is 2.52 bits per heavy atom. The highest BCUT2D eigenvalue weighted by atomic mass is 16.6. The molecule has 0 aromatic heterocycles. The molecule has 3 amide bonds. The van der Waals surface area contributed by atoms with Crippen molar-refractivity contribution in [2.24, 2.45) is 5.41 Å². The van der Waals surface area contributed by atoms with Gasteiger partial charge in [-0.3, -0.25) is 20.4 Å². The van der Waals surface area contributed by atoms with Crippen LogP contribution >= 0.6 is 0 Å². The number of fused-ring (bicyclic) bond motifs is 1. The quantitative estimate of drug-likeness (QED) is 0.631. The van der Waals surface area contributed by atoms with Crippen molar-refractivity contribution in [1.29, 1.82) is 0 Å². The first kappa shape index (κ1) is 22.7. The number of benzene rings is 1. The average molecular weight is 434 g/mol. The lowest BCUT2D eigenvalue weighted by Crippen LogP contribution is -2.60. The van der Waals surface area contributed by atoms with Crippen LogP contribution in [0.3, 0.4) is 0 Å². The number of alkyl carbamates (subject to hydrolysis) is 1. The minimum atomic E-state index is -0.890. The van der Waals surface area contributed by atoms with Gasteiger partial charge in [-0.1, -0.05) is 25.0 Å². The zero-order valence-electron chi connectivity index (χ0n) is 18.4. The zero-order valence-corrected chi connectivity index (χ0v) is 18.4. The standard InChI is InChI=1S/C22H31N3O6/c1-21(2,3)31-20(28)23-17-11-7-8-12-22(17,4)19(27)25-24-18(26)16-13-29-14-9-5-6-10-15(14)30-16/h5-6,9-10,16-17H,7-8,11-13H2,1-4H3,(H,23,28)(H,24,26)(H,25,27)/t16-,17+,22-/m0/s1. The molecule has 9 heteroatoms. The van der Waals surface area contributed by atoms with E-state index in [1.54, 1.807) is 45.9 Å². The van der Waals surface area contributed by atoms with Gasteiger partial charge in [0.25, 0.3) is 5.91 Å². The molecule has 1 aliphatic carbocycles. The lowest BCUT2D eigenvalue weighted by atomic mass is 9.71. The second-order valence-corrected chi connectivity index (χ2v) is 9.17. The van der Waals surface area contributed by atoms with Gasteiger partial charge in [0.15, 0.2) is 11.5 Å². The molecule has 3 N–H and O–H groups in total. The van der Waals surface area contributed by atoms with Crippen molar-refractivity contribution in [1.82, 2.24) is 16.2 Å². The van der Waals surface area contributed by atoms with Gasteiger partial charge < -0.3 is 19.5 Å². The number of hydrogen-bond acceptors (Lipinski definition) is 6. The van der Waals surface area contributed by atoms with Gasteiger partial charge in [0.1, 0.15) is 12.2 Å². The van der Waals surface area contributed by atoms with Crippen LogP contribution in [0.25, 0.3) is 0 Å². The minimum absolute atomic E-state index is 0.0405. The predicted molar refractivity (Wildman–Crippen MR) is 112 cm³/mol. The van der Waals surface area contributed by atoms with Gasteiger partial charge in [-0.2, -0.15) is 0 Å². The van der Waals surface area contributed by atoms with Crippen LogP contribution in [0.5, 0.6) is 11.5 Å². The van der Waals surface area contributed by atoms with Gasteiger partial charge in [0.05, 0.1) is 5.41 Å². The third-order valence-corrected chi connectivity index (χ3v) is 5.52. The molecule has 0 bridgehead atoms. The number of carbonyl (C=O) groups is 3. The summed E-state index contributed by atoms with van der Waals surface area (Å²) in [7, 11) is 0. The molecule has 0 unspecified atom stereocenters. The van der Waals surface area contributed by atoms with Crippen LogP contribution in [0.15, 0.2) is 24.3 Å². The van der Waals surface area contributed by atoms with E-state index in [9.17, 15) is 14.4 Å². The normalized spacial score (nSPS) is 25.2. The number of hydrogen-bond donors (Lipinski definition) is 3. The molecule has 1 aromatic rings. The Hall–Kier alpha value is -2.97. The Kier molecular flexibility index (Phi) is 6.62. The van der Waals surface area contributed by atoms with Crippen molar-refractivity contribution < 1.29 is 28.6 Å². The number of amides is 3. The summed E-state index contributed by atoms with van der Waals surface area (Å²) in [6.45, 7) is 7.17. The Morgan fingerprint density at radius 2 is 1.81 bits per heavy atom. The summed E-state index contributed by atoms with van der Waals surface area (Å²) in [5.41, 5.74) is 3.41. The fourth-order valence-corrected chi connectivity index (χ4v) is 3.78. The molecule has 3 atom stereocenters. The molecule has 0 spiro atoms. The second-order valence-electron chi connectivity index (χ2n) is 9.17. The third kappa shape index (κ3) is 5.59. The van der Waals surface area contributed by atoms with Crippen LogP contribution in [0.1, 0.15) is 53.4 Å². The molecule has 1 aliphatic heterocycles. The Balaban J connectivity index is 1.57. The van der Waals surface area contributed by atoms with Crippen molar-refractivity contribution >= 4 is 17.9 Å². The molecule has 170 valence electrons. The van der Waals surface area contributed by atoms with Gasteiger partial charge in [-0.05, 0) is 52.7 Å². The highest BCUT2D eigenvalue weighted by Crippen LogP contribution is 2.36. The van der Waals surface area contributed by atoms with Crippen LogP contribution in [0.4, 0.5) is 4.79 Å². The van der Waals surface area contributed by atoms with Gasteiger partial charge >= 0.3 is 6.09 Å². The van der Waals surface area contributed by atoms with E-state index in [1.165, 1.54) is 0 Å². The van der Waals surface area contributed by atoms with E-state index in [0.29, 0.717) is 24.3 Å². The first-order valence-corrected chi connectivity index (χ1v) is 10.6. The molecular formula is C22H31N3O6. The fraction of sp³-hybridized carbons (Fsp3) is 0.591. The van der Waals surface area contributed by atoms with E-state index in [1.807, 2.05) is 6.07 Å². The van der Waals surface area contributed by atoms with Crippen molar-refractivity contribution in [3.05, 3.63) is 24.3 Å². The first-order chi connectivity index (χ1) is 14.6. The van der Waals surface area contributed by atoms with E-state index in [-0.39, 0.29) is 12.5 Å². The molecule has 2 aliphatic rings. The van der Waals surface area contributed by atoms with Crippen LogP contribution in [0.2, 0.25) is 0 Å². The van der Waals surface area contributed by atoms with Crippen molar-refractivity contribution in [2.45, 2.75) is 71.1 Å². The zero-order chi connectivity index (χ0) is 22.6. The summed E-state index contributed by atoms with van der Waals surface area (Å²) in [5, 5.41) is 2.83. The topological polar surface area (TPSA) is 115 Å². The lowest BCUT2D eigenvalue weighted by Gasteiger charge is -2.40. The molecule has 3 rings (SSSR count). The molecule has 1 fully saturated rings. The van der Waals surface area contributed by atoms with Crippen LogP contribution in [0, 0.1) is 5.41 Å². The number of para-hydroxylation sites is 2. The smallest absolute Gasteiger partial charge is 0.407 e. The third-order valence-electron chi connectivity index (χ3n) is 5.52. The van der Waals surface area contributed by atoms with E-state index >= 15 is 0 Å². The van der Waals surface area contributed by atoms with E-state index in [4.69, 9.17) is 14.2 Å². The monoisotopic (exact) mass is 433 g/mol. The summed E-state index contributed by atoms with van der Waals surface area (Å²) in [6.07, 6.45) is 1.52. The molecule has 9 nitrogen and oxygen atoms in total. The minimum Gasteiger partial charge on any atom is -0.485 e. The van der Waals surface area contributed by atoms with E-state index in [0.717, 1.165) is 12.8 Å². The maximum Gasteiger partial charge on any atom is 0.407 e. The van der Waals surface area contributed by atoms with Crippen molar-refractivity contribution in [3.63, 3.8) is 0 Å². The van der Waals surface area contributed by atoms with Crippen LogP contribution in [-0.4, -0.2) is 42.3 Å². The van der Waals surface area contributed by atoms with E-state index < -0.39 is 35.2 Å². The number of rotatable bonds is 3. The molecule has 1 heterocycles. The van der Waals surface area contributed by atoms with Crippen LogP contribution < -0.4 is 25.6 Å². The molecule has 0 saturated heterocycles. The number of nitrogens with one attached hydrogen (secondary N) is 3. The SMILES string of the molecule is CC(C)(C)OC(=O)N[C@@H]1CCCC[C@]1(C)C(=O)NNC(=O)[C@@H]1COc2ccccc2O1. The highest BCUT2D eigenvalue weighted by Gasteiger charge is 2.44. The highest BCUT2D eigenvalue weighted by molar-refractivity contribution is 5.88. The van der Waals surface area contributed by atoms with Crippen molar-refractivity contribution in [3.8, 4) is 11.5 Å². The van der Waals surface area contributed by atoms with Gasteiger partial charge in [0.2, 0.25) is 12.0 Å². The number of carbonyl (C=O) groups excluding carboxylic acids is 3. The summed E-state index contributed by atoms with van der Waals surface area (Å²) >= 11 is 0. The van der Waals surface area contributed by atoms with Crippen LogP contribution in [-0.2, 0) is 14.3 Å². The Bertz CT molecular complexity index is 837. The van der Waals surface area contributed by atoms with Gasteiger partial charge in [0, 0.05) is 6.04 Å². The van der Waals surface area contributed by atoms with Gasteiger partial charge in [-0.25, -0.2) is 4.79 Å². The summed E-state index contributed by atoms with van der Waals surface area (Å²) in [4.78, 5) is 37.7. The lowest BCUT2D eigenvalue weighted by molar-refractivity contribution is -0.140. The first-order valence-electron chi connectivity index (χ1n) is 10.6. The summed E-state index contributed by atoms with van der Waals surface area (Å²) in [5.74, 6) is 0.153. The molecule has 0 radical (unpaired) electrons. The molecule has 1 aromatic carbocycles. The number of ether oxygens (including phenoxy) is 3.